The Hall–Kier alpha value is -2.49. The molecule has 4 rings (SSSR count). The molecule has 5 nitrogen and oxygen atoms in total. The van der Waals surface area contributed by atoms with Gasteiger partial charge in [-0.3, -0.25) is 13.9 Å². The average molecular weight is 446 g/mol. The van der Waals surface area contributed by atoms with Gasteiger partial charge < -0.3 is 4.74 Å². The minimum atomic E-state index is -0.365. The fraction of sp³-hybridized carbons (Fsp3) is 0.150. The largest absolute Gasteiger partial charge is 0.492 e. The Bertz CT molecular complexity index is 1310. The Balaban J connectivity index is 2.03. The average Bonchev–Trinajstić information content (AvgIpc) is 3.05. The Morgan fingerprint density at radius 3 is 2.59 bits per heavy atom. The van der Waals surface area contributed by atoms with E-state index in [1.165, 1.54) is 39.8 Å². The molecule has 148 valence electrons. The molecule has 0 saturated carbocycles. The topological polar surface area (TPSA) is 49.0 Å². The first-order valence-electron chi connectivity index (χ1n) is 8.76. The Kier molecular flexibility index (Phi) is 5.53. The molecule has 2 heterocycles. The van der Waals surface area contributed by atoms with Gasteiger partial charge in [0.25, 0.3) is 5.56 Å². The second-order valence-corrected chi connectivity index (χ2v) is 8.39. The molecule has 2 aromatic carbocycles. The minimum absolute atomic E-state index is 0.241. The van der Waals surface area contributed by atoms with E-state index in [4.69, 9.17) is 21.9 Å². The number of thioether (sulfide) groups is 1. The first-order valence-corrected chi connectivity index (χ1v) is 11.2. The SMILES string of the molecule is CCOc1ccccc1-n1c(=S)sc2c(=O)n(-c3ccc(F)cc3)c(SC)nc21. The fourth-order valence-electron chi connectivity index (χ4n) is 3.02. The minimum Gasteiger partial charge on any atom is -0.492 e. The summed E-state index contributed by atoms with van der Waals surface area (Å²) < 4.78 is 23.3. The predicted molar refractivity (Wildman–Crippen MR) is 118 cm³/mol. The number of nitrogens with zero attached hydrogens (tertiary/aromatic N) is 3. The zero-order chi connectivity index (χ0) is 20.5. The summed E-state index contributed by atoms with van der Waals surface area (Å²) in [6, 6.07) is 13.3. The number of hydrogen-bond donors (Lipinski definition) is 0. The lowest BCUT2D eigenvalue weighted by Crippen LogP contribution is -2.21. The molecule has 0 N–H and O–H groups in total. The second kappa shape index (κ2) is 8.10. The third-order valence-electron chi connectivity index (χ3n) is 4.25. The molecule has 0 radical (unpaired) electrons. The number of aromatic nitrogens is 3. The van der Waals surface area contributed by atoms with Crippen LogP contribution in [0.15, 0.2) is 58.5 Å². The van der Waals surface area contributed by atoms with E-state index in [9.17, 15) is 9.18 Å². The van der Waals surface area contributed by atoms with Crippen LogP contribution in [0.4, 0.5) is 4.39 Å². The van der Waals surface area contributed by atoms with Crippen LogP contribution in [0.1, 0.15) is 6.92 Å². The standard InChI is InChI=1S/C20H16FN3O2S3/c1-3-26-15-7-5-4-6-14(15)24-17-16(29-20(24)27)18(25)23(19(22-17)28-2)13-10-8-12(21)9-11-13/h4-11H,3H2,1-2H3. The number of halogens is 1. The highest BCUT2D eigenvalue weighted by molar-refractivity contribution is 7.98. The first-order chi connectivity index (χ1) is 14.0. The van der Waals surface area contributed by atoms with E-state index in [2.05, 4.69) is 0 Å². The quantitative estimate of drug-likeness (QED) is 0.239. The van der Waals surface area contributed by atoms with Crippen LogP contribution in [0.2, 0.25) is 0 Å². The molecule has 0 aliphatic heterocycles. The molecule has 0 bridgehead atoms. The molecular formula is C20H16FN3O2S3. The molecule has 0 atom stereocenters. The summed E-state index contributed by atoms with van der Waals surface area (Å²) in [6.45, 7) is 2.42. The second-order valence-electron chi connectivity index (χ2n) is 5.97. The van der Waals surface area contributed by atoms with Crippen molar-refractivity contribution in [1.29, 1.82) is 0 Å². The monoisotopic (exact) mass is 445 g/mol. The molecule has 0 unspecified atom stereocenters. The first kappa shape index (κ1) is 19.8. The summed E-state index contributed by atoms with van der Waals surface area (Å²) in [4.78, 5) is 18.1. The summed E-state index contributed by atoms with van der Waals surface area (Å²) in [5, 5.41) is 0.490. The van der Waals surface area contributed by atoms with Crippen molar-refractivity contribution < 1.29 is 9.13 Å². The van der Waals surface area contributed by atoms with Gasteiger partial charge in [-0.15, -0.1) is 0 Å². The lowest BCUT2D eigenvalue weighted by molar-refractivity contribution is 0.339. The summed E-state index contributed by atoms with van der Waals surface area (Å²) >= 11 is 8.11. The Morgan fingerprint density at radius 1 is 1.17 bits per heavy atom. The van der Waals surface area contributed by atoms with Gasteiger partial charge in [-0.05, 0) is 61.8 Å². The lowest BCUT2D eigenvalue weighted by atomic mass is 10.3. The van der Waals surface area contributed by atoms with Gasteiger partial charge in [0.2, 0.25) is 0 Å². The molecule has 2 aromatic heterocycles. The molecule has 0 amide bonds. The van der Waals surface area contributed by atoms with Crippen molar-refractivity contribution in [2.24, 2.45) is 0 Å². The number of fused-ring (bicyclic) bond motifs is 1. The van der Waals surface area contributed by atoms with E-state index in [-0.39, 0.29) is 11.4 Å². The molecule has 0 spiro atoms. The van der Waals surface area contributed by atoms with Crippen LogP contribution >= 0.6 is 35.3 Å². The van der Waals surface area contributed by atoms with Crippen LogP contribution in [-0.2, 0) is 0 Å². The van der Waals surface area contributed by atoms with Crippen LogP contribution in [0.3, 0.4) is 0 Å². The predicted octanol–water partition coefficient (Wildman–Crippen LogP) is 5.23. The fourth-order valence-corrected chi connectivity index (χ4v) is 4.86. The molecule has 4 aromatic rings. The van der Waals surface area contributed by atoms with Crippen molar-refractivity contribution in [2.75, 3.05) is 12.9 Å². The number of para-hydroxylation sites is 2. The summed E-state index contributed by atoms with van der Waals surface area (Å²) in [6.07, 6.45) is 1.84. The Morgan fingerprint density at radius 2 is 1.90 bits per heavy atom. The van der Waals surface area contributed by atoms with Gasteiger partial charge in [0, 0.05) is 0 Å². The van der Waals surface area contributed by atoms with Gasteiger partial charge >= 0.3 is 0 Å². The molecule has 0 aliphatic rings. The number of rotatable bonds is 5. The third kappa shape index (κ3) is 3.50. The molecule has 29 heavy (non-hydrogen) atoms. The number of thiazole rings is 1. The number of hydrogen-bond acceptors (Lipinski definition) is 6. The zero-order valence-electron chi connectivity index (χ0n) is 15.6. The van der Waals surface area contributed by atoms with Crippen molar-refractivity contribution in [1.82, 2.24) is 14.1 Å². The lowest BCUT2D eigenvalue weighted by Gasteiger charge is -2.13. The van der Waals surface area contributed by atoms with Crippen molar-refractivity contribution in [3.8, 4) is 17.1 Å². The molecule has 0 fully saturated rings. The third-order valence-corrected chi connectivity index (χ3v) is 6.24. The van der Waals surface area contributed by atoms with Gasteiger partial charge in [0.05, 0.1) is 18.0 Å². The summed E-state index contributed by atoms with van der Waals surface area (Å²) in [5.41, 5.74) is 1.54. The highest BCUT2D eigenvalue weighted by atomic mass is 32.2. The van der Waals surface area contributed by atoms with Crippen LogP contribution in [0.5, 0.6) is 5.75 Å². The molecule has 0 aliphatic carbocycles. The van der Waals surface area contributed by atoms with E-state index in [0.29, 0.717) is 37.5 Å². The molecular weight excluding hydrogens is 429 g/mol. The Labute approximate surface area is 179 Å². The highest BCUT2D eigenvalue weighted by Crippen LogP contribution is 2.30. The maximum absolute atomic E-state index is 13.3. The normalized spacial score (nSPS) is 11.1. The van der Waals surface area contributed by atoms with Crippen molar-refractivity contribution in [2.45, 2.75) is 12.1 Å². The van der Waals surface area contributed by atoms with Gasteiger partial charge in [0.15, 0.2) is 14.8 Å². The van der Waals surface area contributed by atoms with Crippen molar-refractivity contribution in [3.63, 3.8) is 0 Å². The van der Waals surface area contributed by atoms with Crippen molar-refractivity contribution in [3.05, 3.63) is 68.7 Å². The highest BCUT2D eigenvalue weighted by Gasteiger charge is 2.19. The number of benzene rings is 2. The van der Waals surface area contributed by atoms with Crippen molar-refractivity contribution >= 4 is 45.7 Å². The zero-order valence-corrected chi connectivity index (χ0v) is 18.0. The van der Waals surface area contributed by atoms with Gasteiger partial charge in [-0.25, -0.2) is 9.37 Å². The van der Waals surface area contributed by atoms with Crippen LogP contribution in [0.25, 0.3) is 21.7 Å². The van der Waals surface area contributed by atoms with Crippen LogP contribution in [-0.4, -0.2) is 27.0 Å². The van der Waals surface area contributed by atoms with E-state index in [1.54, 1.807) is 16.7 Å². The van der Waals surface area contributed by atoms with E-state index >= 15 is 0 Å². The smallest absolute Gasteiger partial charge is 0.278 e. The van der Waals surface area contributed by atoms with Gasteiger partial charge in [0.1, 0.15) is 16.3 Å². The summed E-state index contributed by atoms with van der Waals surface area (Å²) in [7, 11) is 0. The van der Waals surface area contributed by atoms with Gasteiger partial charge in [-0.1, -0.05) is 35.2 Å². The number of ether oxygens (including phenoxy) is 1. The van der Waals surface area contributed by atoms with Crippen LogP contribution < -0.4 is 10.3 Å². The molecule has 0 saturated heterocycles. The summed E-state index contributed by atoms with van der Waals surface area (Å²) in [5.74, 6) is 0.303. The van der Waals surface area contributed by atoms with E-state index < -0.39 is 0 Å². The maximum atomic E-state index is 13.3. The molecule has 9 heteroatoms. The van der Waals surface area contributed by atoms with Crippen LogP contribution in [0, 0.1) is 9.77 Å². The maximum Gasteiger partial charge on any atom is 0.278 e. The van der Waals surface area contributed by atoms with Gasteiger partial charge in [-0.2, -0.15) is 0 Å². The van der Waals surface area contributed by atoms with E-state index in [0.717, 1.165) is 5.69 Å². The van der Waals surface area contributed by atoms with E-state index in [1.807, 2.05) is 37.4 Å².